The normalized spacial score (nSPS) is 16.7. The summed E-state index contributed by atoms with van der Waals surface area (Å²) < 4.78 is 64.2. The highest BCUT2D eigenvalue weighted by Gasteiger charge is 2.33. The van der Waals surface area contributed by atoms with Gasteiger partial charge < -0.3 is 4.90 Å². The summed E-state index contributed by atoms with van der Waals surface area (Å²) in [6, 6.07) is 3.46. The van der Waals surface area contributed by atoms with E-state index in [1.54, 1.807) is 16.7 Å². The van der Waals surface area contributed by atoms with Gasteiger partial charge >= 0.3 is 6.18 Å². The molecule has 5 nitrogen and oxygen atoms in total. The van der Waals surface area contributed by atoms with Crippen molar-refractivity contribution in [3.63, 3.8) is 0 Å². The van der Waals surface area contributed by atoms with Gasteiger partial charge in [0, 0.05) is 38.4 Å². The average molecular weight is 410 g/mol. The molecule has 0 aliphatic carbocycles. The van der Waals surface area contributed by atoms with Gasteiger partial charge in [0.2, 0.25) is 15.9 Å². The van der Waals surface area contributed by atoms with E-state index >= 15 is 0 Å². The Kier molecular flexibility index (Phi) is 6.98. The van der Waals surface area contributed by atoms with Crippen LogP contribution < -0.4 is 0 Å². The Labute approximate surface area is 155 Å². The summed E-state index contributed by atoms with van der Waals surface area (Å²) in [7, 11) is -3.87. The lowest BCUT2D eigenvalue weighted by Gasteiger charge is -2.34. The summed E-state index contributed by atoms with van der Waals surface area (Å²) in [5, 5.41) is 0. The van der Waals surface area contributed by atoms with Crippen LogP contribution in [0.15, 0.2) is 29.2 Å². The average Bonchev–Trinajstić information content (AvgIpc) is 2.61. The molecule has 0 aromatic heterocycles. The van der Waals surface area contributed by atoms with E-state index in [0.29, 0.717) is 6.42 Å². The van der Waals surface area contributed by atoms with Crippen LogP contribution in [0.1, 0.15) is 18.9 Å². The monoisotopic (exact) mass is 410 g/mol. The van der Waals surface area contributed by atoms with Gasteiger partial charge in [-0.15, -0.1) is 0 Å². The second kappa shape index (κ2) is 8.62. The van der Waals surface area contributed by atoms with Crippen LogP contribution in [-0.2, 0) is 21.0 Å². The van der Waals surface area contributed by atoms with E-state index in [-0.39, 0.29) is 37.0 Å². The van der Waals surface area contributed by atoms with E-state index in [9.17, 15) is 26.4 Å². The van der Waals surface area contributed by atoms with Gasteiger partial charge in [-0.05, 0) is 30.0 Å². The lowest BCUT2D eigenvalue weighted by Crippen LogP contribution is -2.50. The molecule has 0 spiro atoms. The number of rotatable bonds is 6. The maximum atomic E-state index is 12.6. The molecule has 0 N–H and O–H groups in total. The lowest BCUT2D eigenvalue weighted by molar-refractivity contribution is -0.137. The third-order valence-corrected chi connectivity index (χ3v) is 6.89. The Bertz CT molecular complexity index is 713. The highest BCUT2D eigenvalue weighted by molar-refractivity contribution is 7.99. The molecule has 0 bridgehead atoms. The van der Waals surface area contributed by atoms with Crippen LogP contribution in [0, 0.1) is 0 Å². The molecule has 1 fully saturated rings. The predicted molar refractivity (Wildman–Crippen MR) is 94.4 cm³/mol. The van der Waals surface area contributed by atoms with Crippen molar-refractivity contribution in [3.05, 3.63) is 29.8 Å². The number of nitrogens with zero attached hydrogens (tertiary/aromatic N) is 2. The summed E-state index contributed by atoms with van der Waals surface area (Å²) in [6.07, 6.45) is -4.09. The van der Waals surface area contributed by atoms with Crippen molar-refractivity contribution in [2.75, 3.05) is 37.7 Å². The highest BCUT2D eigenvalue weighted by Crippen LogP contribution is 2.30. The standard InChI is InChI=1S/C16H21F3N2O3S2/c1-2-25-12-7-15(22)20-8-10-21(11-9-20)26(23,24)14-5-3-13(4-6-14)16(17,18)19/h3-6H,2,7-12H2,1H3. The van der Waals surface area contributed by atoms with Crippen molar-refractivity contribution < 1.29 is 26.4 Å². The lowest BCUT2D eigenvalue weighted by atomic mass is 10.2. The molecule has 26 heavy (non-hydrogen) atoms. The van der Waals surface area contributed by atoms with Gasteiger partial charge in [-0.2, -0.15) is 29.2 Å². The Morgan fingerprint density at radius 3 is 2.19 bits per heavy atom. The van der Waals surface area contributed by atoms with Crippen molar-refractivity contribution in [2.24, 2.45) is 0 Å². The fraction of sp³-hybridized carbons (Fsp3) is 0.562. The smallest absolute Gasteiger partial charge is 0.340 e. The Morgan fingerprint density at radius 2 is 1.69 bits per heavy atom. The molecule has 1 amide bonds. The van der Waals surface area contributed by atoms with Crippen LogP contribution in [-0.4, -0.2) is 61.2 Å². The quantitative estimate of drug-likeness (QED) is 0.677. The number of thioether (sulfide) groups is 1. The van der Waals surface area contributed by atoms with E-state index in [0.717, 1.165) is 35.8 Å². The van der Waals surface area contributed by atoms with Crippen molar-refractivity contribution >= 4 is 27.7 Å². The minimum absolute atomic E-state index is 0.00229. The molecule has 1 saturated heterocycles. The first kappa shape index (κ1) is 21.0. The van der Waals surface area contributed by atoms with Gasteiger partial charge in [0.15, 0.2) is 0 Å². The molecule has 146 valence electrons. The van der Waals surface area contributed by atoms with Gasteiger partial charge in [-0.25, -0.2) is 8.42 Å². The maximum Gasteiger partial charge on any atom is 0.416 e. The number of hydrogen-bond donors (Lipinski definition) is 0. The summed E-state index contributed by atoms with van der Waals surface area (Å²) in [4.78, 5) is 13.5. The zero-order valence-electron chi connectivity index (χ0n) is 14.3. The molecular formula is C16H21F3N2O3S2. The van der Waals surface area contributed by atoms with Crippen molar-refractivity contribution in [2.45, 2.75) is 24.4 Å². The second-order valence-electron chi connectivity index (χ2n) is 5.75. The fourth-order valence-electron chi connectivity index (χ4n) is 2.60. The molecule has 1 aromatic carbocycles. The van der Waals surface area contributed by atoms with E-state index in [2.05, 4.69) is 0 Å². The van der Waals surface area contributed by atoms with E-state index in [1.807, 2.05) is 6.92 Å². The highest BCUT2D eigenvalue weighted by atomic mass is 32.2. The Hall–Kier alpha value is -1.26. The van der Waals surface area contributed by atoms with Gasteiger partial charge in [0.25, 0.3) is 0 Å². The van der Waals surface area contributed by atoms with Gasteiger partial charge in [-0.3, -0.25) is 4.79 Å². The second-order valence-corrected chi connectivity index (χ2v) is 9.09. The van der Waals surface area contributed by atoms with Crippen LogP contribution in [0.2, 0.25) is 0 Å². The van der Waals surface area contributed by atoms with Gasteiger partial charge in [-0.1, -0.05) is 6.92 Å². The largest absolute Gasteiger partial charge is 0.416 e. The number of benzene rings is 1. The topological polar surface area (TPSA) is 57.7 Å². The van der Waals surface area contributed by atoms with E-state index in [1.165, 1.54) is 4.31 Å². The van der Waals surface area contributed by atoms with E-state index < -0.39 is 21.8 Å². The number of halogens is 3. The Morgan fingerprint density at radius 1 is 1.12 bits per heavy atom. The molecule has 0 atom stereocenters. The van der Waals surface area contributed by atoms with Crippen LogP contribution in [0.5, 0.6) is 0 Å². The molecular weight excluding hydrogens is 389 g/mol. The van der Waals surface area contributed by atoms with Crippen LogP contribution in [0.25, 0.3) is 0 Å². The maximum absolute atomic E-state index is 12.6. The molecule has 1 aliphatic rings. The number of alkyl halides is 3. The summed E-state index contributed by atoms with van der Waals surface area (Å²) in [5.41, 5.74) is -0.892. The van der Waals surface area contributed by atoms with Crippen molar-refractivity contribution in [3.8, 4) is 0 Å². The van der Waals surface area contributed by atoms with Gasteiger partial charge in [0.05, 0.1) is 10.5 Å². The van der Waals surface area contributed by atoms with Crippen LogP contribution >= 0.6 is 11.8 Å². The molecule has 1 aromatic rings. The minimum Gasteiger partial charge on any atom is -0.340 e. The predicted octanol–water partition coefficient (Wildman–Crippen LogP) is 2.68. The first-order valence-corrected chi connectivity index (χ1v) is 10.8. The summed E-state index contributed by atoms with van der Waals surface area (Å²) in [6.45, 7) is 2.86. The number of carbonyl (C=O) groups is 1. The van der Waals surface area contributed by atoms with Crippen LogP contribution in [0.4, 0.5) is 13.2 Å². The zero-order chi connectivity index (χ0) is 19.4. The first-order valence-electron chi connectivity index (χ1n) is 8.19. The van der Waals surface area contributed by atoms with Crippen molar-refractivity contribution in [1.82, 2.24) is 9.21 Å². The summed E-state index contributed by atoms with van der Waals surface area (Å²) in [5.74, 6) is 1.67. The zero-order valence-corrected chi connectivity index (χ0v) is 16.0. The molecule has 2 rings (SSSR count). The third-order valence-electron chi connectivity index (χ3n) is 4.08. The van der Waals surface area contributed by atoms with Crippen molar-refractivity contribution in [1.29, 1.82) is 0 Å². The SMILES string of the molecule is CCSCCC(=O)N1CCN(S(=O)(=O)c2ccc(C(F)(F)F)cc2)CC1. The van der Waals surface area contributed by atoms with E-state index in [4.69, 9.17) is 0 Å². The summed E-state index contributed by atoms with van der Waals surface area (Å²) >= 11 is 1.67. The minimum atomic E-state index is -4.51. The van der Waals surface area contributed by atoms with Crippen LogP contribution in [0.3, 0.4) is 0 Å². The number of amides is 1. The number of hydrogen-bond acceptors (Lipinski definition) is 4. The molecule has 0 unspecified atom stereocenters. The number of piperazine rings is 1. The Balaban J connectivity index is 1.98. The molecule has 1 heterocycles. The number of sulfonamides is 1. The molecule has 0 saturated carbocycles. The first-order chi connectivity index (χ1) is 12.2. The third kappa shape index (κ3) is 5.14. The fourth-order valence-corrected chi connectivity index (χ4v) is 4.63. The molecule has 0 radical (unpaired) electrons. The number of carbonyl (C=O) groups excluding carboxylic acids is 1. The van der Waals surface area contributed by atoms with Gasteiger partial charge in [0.1, 0.15) is 0 Å². The molecule has 10 heteroatoms. The molecule has 1 aliphatic heterocycles.